The minimum atomic E-state index is -2.00. The predicted octanol–water partition coefficient (Wildman–Crippen LogP) is 5.37. The molecule has 0 rings (SSSR count). The molecule has 0 radical (unpaired) electrons. The molecule has 0 spiro atoms. The average molecular weight is 289 g/mol. The Morgan fingerprint density at radius 2 is 1.63 bits per heavy atom. The second-order valence-electron chi connectivity index (χ2n) is 7.30. The van der Waals surface area contributed by atoms with Gasteiger partial charge in [0.15, 0.2) is 0 Å². The molecule has 116 valence electrons. The Bertz CT molecular complexity index is 239. The van der Waals surface area contributed by atoms with Gasteiger partial charge >= 0.3 is 8.56 Å². The lowest BCUT2D eigenvalue weighted by Gasteiger charge is -2.37. The van der Waals surface area contributed by atoms with Crippen LogP contribution < -0.4 is 0 Å². The van der Waals surface area contributed by atoms with Crippen molar-refractivity contribution in [2.45, 2.75) is 85.9 Å². The zero-order chi connectivity index (χ0) is 15.1. The Labute approximate surface area is 122 Å². The molecule has 0 aromatic rings. The maximum absolute atomic E-state index is 6.42. The van der Waals surface area contributed by atoms with Crippen molar-refractivity contribution in [3.05, 3.63) is 0 Å². The van der Waals surface area contributed by atoms with E-state index in [1.165, 1.54) is 12.8 Å². The van der Waals surface area contributed by atoms with E-state index in [1.54, 1.807) is 0 Å². The molecule has 0 aliphatic heterocycles. The lowest BCUT2D eigenvalue weighted by Crippen LogP contribution is -2.45. The molecule has 0 bridgehead atoms. The van der Waals surface area contributed by atoms with Crippen molar-refractivity contribution in [1.82, 2.24) is 0 Å². The topological polar surface area (TPSA) is 18.5 Å². The Morgan fingerprint density at radius 1 is 1.05 bits per heavy atom. The van der Waals surface area contributed by atoms with Gasteiger partial charge in [-0.15, -0.1) is 0 Å². The molecule has 3 heteroatoms. The van der Waals surface area contributed by atoms with Crippen LogP contribution in [0.25, 0.3) is 0 Å². The van der Waals surface area contributed by atoms with Crippen molar-refractivity contribution in [2.75, 3.05) is 6.61 Å². The SMILES string of the molecule is CCC(C)(CCCC(C)C)O[Si](C)(C)OCC(C)C. The second kappa shape index (κ2) is 8.43. The highest BCUT2D eigenvalue weighted by Crippen LogP contribution is 2.28. The molecule has 0 aliphatic rings. The van der Waals surface area contributed by atoms with Crippen LogP contribution in [0.1, 0.15) is 67.2 Å². The van der Waals surface area contributed by atoms with Crippen LogP contribution in [0.2, 0.25) is 13.1 Å². The summed E-state index contributed by atoms with van der Waals surface area (Å²) >= 11 is 0. The van der Waals surface area contributed by atoms with E-state index in [1.807, 2.05) is 0 Å². The van der Waals surface area contributed by atoms with Gasteiger partial charge in [-0.3, -0.25) is 0 Å². The minimum absolute atomic E-state index is 0.0123. The van der Waals surface area contributed by atoms with Gasteiger partial charge in [0.05, 0.1) is 5.60 Å². The summed E-state index contributed by atoms with van der Waals surface area (Å²) in [6.07, 6.45) is 4.74. The van der Waals surface area contributed by atoms with E-state index < -0.39 is 8.56 Å². The first kappa shape index (κ1) is 19.1. The molecule has 0 saturated carbocycles. The van der Waals surface area contributed by atoms with Crippen LogP contribution >= 0.6 is 0 Å². The second-order valence-corrected chi connectivity index (χ2v) is 10.6. The molecule has 1 unspecified atom stereocenters. The lowest BCUT2D eigenvalue weighted by molar-refractivity contribution is 0.0231. The highest BCUT2D eigenvalue weighted by atomic mass is 28.4. The Kier molecular flexibility index (Phi) is 8.49. The van der Waals surface area contributed by atoms with E-state index in [0.29, 0.717) is 5.92 Å². The molecule has 0 aliphatic carbocycles. The fraction of sp³-hybridized carbons (Fsp3) is 1.00. The standard InChI is InChI=1S/C16H36O2Si/c1-9-16(6,12-10-11-14(2)3)18-19(7,8)17-13-15(4)5/h14-15H,9-13H2,1-8H3. The van der Waals surface area contributed by atoms with Gasteiger partial charge in [-0.1, -0.05) is 47.5 Å². The van der Waals surface area contributed by atoms with Gasteiger partial charge < -0.3 is 8.85 Å². The summed E-state index contributed by atoms with van der Waals surface area (Å²) in [7, 11) is -2.00. The predicted molar refractivity (Wildman–Crippen MR) is 86.7 cm³/mol. The molecule has 0 saturated heterocycles. The van der Waals surface area contributed by atoms with E-state index in [9.17, 15) is 0 Å². The summed E-state index contributed by atoms with van der Waals surface area (Å²) in [5, 5.41) is 0. The maximum atomic E-state index is 6.42. The van der Waals surface area contributed by atoms with Crippen molar-refractivity contribution < 1.29 is 8.85 Å². The number of rotatable bonds is 10. The summed E-state index contributed by atoms with van der Waals surface area (Å²) in [5.74, 6) is 1.35. The minimum Gasteiger partial charge on any atom is -0.394 e. The molecule has 0 aromatic carbocycles. The average Bonchev–Trinajstić information content (AvgIpc) is 2.25. The fourth-order valence-electron chi connectivity index (χ4n) is 2.17. The van der Waals surface area contributed by atoms with Gasteiger partial charge in [0.2, 0.25) is 0 Å². The molecule has 0 amide bonds. The van der Waals surface area contributed by atoms with Gasteiger partial charge in [0, 0.05) is 6.61 Å². The lowest BCUT2D eigenvalue weighted by atomic mass is 9.94. The molecular formula is C16H36O2Si. The third-order valence-corrected chi connectivity index (χ3v) is 5.34. The third-order valence-electron chi connectivity index (χ3n) is 3.49. The first-order chi connectivity index (χ1) is 8.60. The molecule has 0 N–H and O–H groups in total. The normalized spacial score (nSPS) is 16.1. The van der Waals surface area contributed by atoms with E-state index in [2.05, 4.69) is 54.6 Å². The number of hydrogen-bond donors (Lipinski definition) is 0. The quantitative estimate of drug-likeness (QED) is 0.503. The van der Waals surface area contributed by atoms with E-state index in [4.69, 9.17) is 8.85 Å². The Morgan fingerprint density at radius 3 is 2.05 bits per heavy atom. The molecule has 0 aromatic heterocycles. The van der Waals surface area contributed by atoms with Crippen LogP contribution in [-0.4, -0.2) is 20.8 Å². The summed E-state index contributed by atoms with van der Waals surface area (Å²) in [4.78, 5) is 0. The summed E-state index contributed by atoms with van der Waals surface area (Å²) in [5.41, 5.74) is -0.0123. The smallest absolute Gasteiger partial charge is 0.332 e. The van der Waals surface area contributed by atoms with Crippen molar-refractivity contribution >= 4 is 8.56 Å². The van der Waals surface area contributed by atoms with Crippen molar-refractivity contribution in [3.8, 4) is 0 Å². The van der Waals surface area contributed by atoms with E-state index >= 15 is 0 Å². The summed E-state index contributed by atoms with van der Waals surface area (Å²) < 4.78 is 12.5. The zero-order valence-corrected chi connectivity index (χ0v) is 15.5. The highest BCUT2D eigenvalue weighted by molar-refractivity contribution is 6.64. The molecule has 19 heavy (non-hydrogen) atoms. The number of hydrogen-bond acceptors (Lipinski definition) is 2. The van der Waals surface area contributed by atoms with Crippen molar-refractivity contribution in [1.29, 1.82) is 0 Å². The van der Waals surface area contributed by atoms with Crippen molar-refractivity contribution in [3.63, 3.8) is 0 Å². The molecule has 0 heterocycles. The summed E-state index contributed by atoms with van der Waals surface area (Å²) in [6.45, 7) is 18.6. The Hall–Kier alpha value is 0.137. The first-order valence-corrected chi connectivity index (χ1v) is 10.8. The van der Waals surface area contributed by atoms with Gasteiger partial charge in [-0.25, -0.2) is 0 Å². The van der Waals surface area contributed by atoms with Crippen LogP contribution in [0.5, 0.6) is 0 Å². The van der Waals surface area contributed by atoms with Gasteiger partial charge in [0.25, 0.3) is 0 Å². The molecule has 2 nitrogen and oxygen atoms in total. The monoisotopic (exact) mass is 288 g/mol. The largest absolute Gasteiger partial charge is 0.394 e. The van der Waals surface area contributed by atoms with Gasteiger partial charge in [-0.05, 0) is 44.7 Å². The van der Waals surface area contributed by atoms with Crippen LogP contribution in [0.3, 0.4) is 0 Å². The van der Waals surface area contributed by atoms with Crippen LogP contribution in [-0.2, 0) is 8.85 Å². The Balaban J connectivity index is 4.33. The zero-order valence-electron chi connectivity index (χ0n) is 14.5. The van der Waals surface area contributed by atoms with Crippen LogP contribution in [0, 0.1) is 11.8 Å². The third kappa shape index (κ3) is 9.64. The fourth-order valence-corrected chi connectivity index (χ4v) is 4.40. The van der Waals surface area contributed by atoms with E-state index in [0.717, 1.165) is 25.4 Å². The van der Waals surface area contributed by atoms with Gasteiger partial charge in [0.1, 0.15) is 0 Å². The highest BCUT2D eigenvalue weighted by Gasteiger charge is 2.34. The molecular weight excluding hydrogens is 252 g/mol. The molecule has 1 atom stereocenters. The van der Waals surface area contributed by atoms with Crippen LogP contribution in [0.4, 0.5) is 0 Å². The van der Waals surface area contributed by atoms with E-state index in [-0.39, 0.29) is 5.60 Å². The maximum Gasteiger partial charge on any atom is 0.332 e. The van der Waals surface area contributed by atoms with Crippen LogP contribution in [0.15, 0.2) is 0 Å². The first-order valence-electron chi connectivity index (χ1n) is 7.94. The van der Waals surface area contributed by atoms with Gasteiger partial charge in [-0.2, -0.15) is 0 Å². The molecule has 0 fully saturated rings. The summed E-state index contributed by atoms with van der Waals surface area (Å²) in [6, 6.07) is 0. The van der Waals surface area contributed by atoms with Crippen molar-refractivity contribution in [2.24, 2.45) is 11.8 Å².